The molecular formula is C13H20N4O3S. The second-order valence-corrected chi connectivity index (χ2v) is 6.92. The summed E-state index contributed by atoms with van der Waals surface area (Å²) in [6.45, 7) is 1.52. The van der Waals surface area contributed by atoms with Gasteiger partial charge in [-0.15, -0.1) is 0 Å². The third-order valence-electron chi connectivity index (χ3n) is 3.48. The molecule has 1 aromatic rings. The number of nitrogens with zero attached hydrogens (tertiary/aromatic N) is 1. The molecule has 0 atom stereocenters. The highest BCUT2D eigenvalue weighted by molar-refractivity contribution is 7.89. The number of piperidine rings is 1. The highest BCUT2D eigenvalue weighted by atomic mass is 32.2. The molecule has 1 aliphatic heterocycles. The number of rotatable bonds is 5. The van der Waals surface area contributed by atoms with Gasteiger partial charge in [-0.3, -0.25) is 9.69 Å². The van der Waals surface area contributed by atoms with E-state index < -0.39 is 10.0 Å². The standard InChI is InChI=1S/C13H20N4O3S/c14-10-1-3-12(4-2-10)21(19,20)16-11-5-7-17(8-6-11)9-13(15)18/h1-4,11,16H,5-9,14H2,(H2,15,18). The van der Waals surface area contributed by atoms with Crippen molar-refractivity contribution in [3.8, 4) is 0 Å². The van der Waals surface area contributed by atoms with Crippen LogP contribution in [0.2, 0.25) is 0 Å². The predicted molar refractivity (Wildman–Crippen MR) is 79.8 cm³/mol. The molecule has 1 saturated heterocycles. The molecule has 5 N–H and O–H groups in total. The van der Waals surface area contributed by atoms with E-state index in [1.807, 2.05) is 4.90 Å². The first-order valence-corrected chi connectivity index (χ1v) is 8.23. The molecule has 1 amide bonds. The molecule has 0 saturated carbocycles. The molecule has 1 aliphatic rings. The first kappa shape index (κ1) is 15.7. The largest absolute Gasteiger partial charge is 0.399 e. The third-order valence-corrected chi connectivity index (χ3v) is 5.02. The number of anilines is 1. The van der Waals surface area contributed by atoms with Crippen LogP contribution in [0.5, 0.6) is 0 Å². The van der Waals surface area contributed by atoms with Crippen molar-refractivity contribution in [3.63, 3.8) is 0 Å². The minimum Gasteiger partial charge on any atom is -0.399 e. The molecule has 21 heavy (non-hydrogen) atoms. The smallest absolute Gasteiger partial charge is 0.240 e. The van der Waals surface area contributed by atoms with Gasteiger partial charge in [-0.25, -0.2) is 13.1 Å². The average molecular weight is 312 g/mol. The Bertz CT molecular complexity index is 592. The Morgan fingerprint density at radius 2 is 1.81 bits per heavy atom. The fourth-order valence-corrected chi connectivity index (χ4v) is 3.67. The molecule has 0 spiro atoms. The summed E-state index contributed by atoms with van der Waals surface area (Å²) in [6.07, 6.45) is 1.31. The second-order valence-electron chi connectivity index (χ2n) is 5.21. The summed E-state index contributed by atoms with van der Waals surface area (Å²) >= 11 is 0. The zero-order valence-electron chi connectivity index (χ0n) is 11.7. The predicted octanol–water partition coefficient (Wildman–Crippen LogP) is -0.503. The summed E-state index contributed by atoms with van der Waals surface area (Å²) in [6, 6.07) is 5.96. The van der Waals surface area contributed by atoms with E-state index in [0.717, 1.165) is 0 Å². The van der Waals surface area contributed by atoms with Crippen molar-refractivity contribution in [1.29, 1.82) is 0 Å². The third kappa shape index (κ3) is 4.42. The number of nitrogens with one attached hydrogen (secondary N) is 1. The van der Waals surface area contributed by atoms with Gasteiger partial charge in [0.15, 0.2) is 0 Å². The number of hydrogen-bond donors (Lipinski definition) is 3. The summed E-state index contributed by atoms with van der Waals surface area (Å²) < 4.78 is 27.2. The quantitative estimate of drug-likeness (QED) is 0.633. The summed E-state index contributed by atoms with van der Waals surface area (Å²) in [5.41, 5.74) is 11.2. The maximum Gasteiger partial charge on any atom is 0.240 e. The normalized spacial score (nSPS) is 17.7. The lowest BCUT2D eigenvalue weighted by molar-refractivity contribution is -0.119. The van der Waals surface area contributed by atoms with Crippen LogP contribution >= 0.6 is 0 Å². The van der Waals surface area contributed by atoms with E-state index in [2.05, 4.69) is 4.72 Å². The number of hydrogen-bond acceptors (Lipinski definition) is 5. The van der Waals surface area contributed by atoms with Crippen LogP contribution in [0.3, 0.4) is 0 Å². The van der Waals surface area contributed by atoms with Crippen molar-refractivity contribution in [1.82, 2.24) is 9.62 Å². The molecule has 0 aromatic heterocycles. The number of carbonyl (C=O) groups excluding carboxylic acids is 1. The van der Waals surface area contributed by atoms with Crippen molar-refractivity contribution < 1.29 is 13.2 Å². The zero-order chi connectivity index (χ0) is 15.5. The van der Waals surface area contributed by atoms with Crippen LogP contribution in [0.4, 0.5) is 5.69 Å². The van der Waals surface area contributed by atoms with E-state index in [-0.39, 0.29) is 23.4 Å². The Balaban J connectivity index is 1.93. The molecule has 0 bridgehead atoms. The van der Waals surface area contributed by atoms with Gasteiger partial charge in [-0.05, 0) is 37.1 Å². The van der Waals surface area contributed by atoms with Crippen LogP contribution in [0.1, 0.15) is 12.8 Å². The van der Waals surface area contributed by atoms with E-state index in [1.54, 1.807) is 12.1 Å². The topological polar surface area (TPSA) is 119 Å². The van der Waals surface area contributed by atoms with Crippen molar-refractivity contribution in [2.45, 2.75) is 23.8 Å². The number of benzene rings is 1. The molecule has 1 aromatic carbocycles. The fraction of sp³-hybridized carbons (Fsp3) is 0.462. The summed E-state index contributed by atoms with van der Waals surface area (Å²) in [4.78, 5) is 13.0. The van der Waals surface area contributed by atoms with Crippen LogP contribution in [0.15, 0.2) is 29.2 Å². The summed E-state index contributed by atoms with van der Waals surface area (Å²) in [5.74, 6) is -0.365. The lowest BCUT2D eigenvalue weighted by atomic mass is 10.1. The van der Waals surface area contributed by atoms with Gasteiger partial charge in [-0.1, -0.05) is 0 Å². The van der Waals surface area contributed by atoms with E-state index in [9.17, 15) is 13.2 Å². The molecule has 2 rings (SSSR count). The van der Waals surface area contributed by atoms with Crippen molar-refractivity contribution >= 4 is 21.6 Å². The van der Waals surface area contributed by atoms with E-state index in [4.69, 9.17) is 11.5 Å². The number of primary amides is 1. The molecule has 116 valence electrons. The molecule has 0 unspecified atom stereocenters. The van der Waals surface area contributed by atoms with Crippen LogP contribution in [0, 0.1) is 0 Å². The highest BCUT2D eigenvalue weighted by Gasteiger charge is 2.24. The Kier molecular flexibility index (Phi) is 4.81. The van der Waals surface area contributed by atoms with Crippen molar-refractivity contribution in [3.05, 3.63) is 24.3 Å². The number of carbonyl (C=O) groups is 1. The zero-order valence-corrected chi connectivity index (χ0v) is 12.5. The average Bonchev–Trinajstić information content (AvgIpc) is 2.40. The Hall–Kier alpha value is -1.64. The van der Waals surface area contributed by atoms with Gasteiger partial charge in [-0.2, -0.15) is 0 Å². The second kappa shape index (κ2) is 6.42. The van der Waals surface area contributed by atoms with Gasteiger partial charge < -0.3 is 11.5 Å². The lowest BCUT2D eigenvalue weighted by Crippen LogP contribution is -2.46. The maximum absolute atomic E-state index is 12.2. The van der Waals surface area contributed by atoms with Crippen LogP contribution in [-0.2, 0) is 14.8 Å². The van der Waals surface area contributed by atoms with Gasteiger partial charge in [0, 0.05) is 24.8 Å². The van der Waals surface area contributed by atoms with Gasteiger partial charge >= 0.3 is 0 Å². The number of sulfonamides is 1. The van der Waals surface area contributed by atoms with Crippen molar-refractivity contribution in [2.24, 2.45) is 5.73 Å². The van der Waals surface area contributed by atoms with Crippen LogP contribution in [0.25, 0.3) is 0 Å². The van der Waals surface area contributed by atoms with Gasteiger partial charge in [0.1, 0.15) is 0 Å². The summed E-state index contributed by atoms with van der Waals surface area (Å²) in [7, 11) is -3.53. The van der Waals surface area contributed by atoms with E-state index in [1.165, 1.54) is 12.1 Å². The van der Waals surface area contributed by atoms with Gasteiger partial charge in [0.2, 0.25) is 15.9 Å². The molecule has 8 heteroatoms. The van der Waals surface area contributed by atoms with Crippen LogP contribution in [-0.4, -0.2) is 44.9 Å². The molecule has 0 aliphatic carbocycles. The van der Waals surface area contributed by atoms with E-state index >= 15 is 0 Å². The molecule has 1 heterocycles. The molecular weight excluding hydrogens is 292 g/mol. The first-order valence-electron chi connectivity index (χ1n) is 6.75. The fourth-order valence-electron chi connectivity index (χ4n) is 2.36. The minimum absolute atomic E-state index is 0.128. The maximum atomic E-state index is 12.2. The Morgan fingerprint density at radius 3 is 2.33 bits per heavy atom. The lowest BCUT2D eigenvalue weighted by Gasteiger charge is -2.31. The first-order chi connectivity index (χ1) is 9.87. The monoisotopic (exact) mass is 312 g/mol. The van der Waals surface area contributed by atoms with E-state index in [0.29, 0.717) is 31.6 Å². The molecule has 1 fully saturated rings. The Morgan fingerprint density at radius 1 is 1.24 bits per heavy atom. The van der Waals surface area contributed by atoms with Gasteiger partial charge in [0.05, 0.1) is 11.4 Å². The molecule has 7 nitrogen and oxygen atoms in total. The Labute approximate surface area is 124 Å². The SMILES string of the molecule is NC(=O)CN1CCC(NS(=O)(=O)c2ccc(N)cc2)CC1. The number of nitrogens with two attached hydrogens (primary N) is 2. The van der Waals surface area contributed by atoms with Crippen molar-refractivity contribution in [2.75, 3.05) is 25.4 Å². The number of nitrogen functional groups attached to an aromatic ring is 1. The van der Waals surface area contributed by atoms with Crippen LogP contribution < -0.4 is 16.2 Å². The number of likely N-dealkylation sites (tertiary alicyclic amines) is 1. The summed E-state index contributed by atoms with van der Waals surface area (Å²) in [5, 5.41) is 0. The highest BCUT2D eigenvalue weighted by Crippen LogP contribution is 2.16. The minimum atomic E-state index is -3.53. The molecule has 0 radical (unpaired) electrons. The number of amides is 1. The van der Waals surface area contributed by atoms with Gasteiger partial charge in [0.25, 0.3) is 0 Å².